The molecule has 0 spiro atoms. The third-order valence-electron chi connectivity index (χ3n) is 2.18. The molecule has 2 rings (SSSR count). The van der Waals surface area contributed by atoms with Crippen molar-refractivity contribution in [2.24, 2.45) is 0 Å². The number of furan rings is 1. The molecule has 0 saturated heterocycles. The van der Waals surface area contributed by atoms with Crippen molar-refractivity contribution in [1.29, 1.82) is 0 Å². The fourth-order valence-corrected chi connectivity index (χ4v) is 1.51. The molecule has 0 aliphatic heterocycles. The van der Waals surface area contributed by atoms with Crippen LogP contribution in [0.25, 0.3) is 17.1 Å². The topological polar surface area (TPSA) is 39.2 Å². The van der Waals surface area contributed by atoms with Gasteiger partial charge in [0.2, 0.25) is 5.76 Å². The van der Waals surface area contributed by atoms with Gasteiger partial charge in [0.1, 0.15) is 5.76 Å². The van der Waals surface area contributed by atoms with Gasteiger partial charge in [0.05, 0.1) is 5.69 Å². The zero-order valence-electron chi connectivity index (χ0n) is 9.13. The Kier molecular flexibility index (Phi) is 2.23. The van der Waals surface area contributed by atoms with Crippen LogP contribution >= 0.6 is 0 Å². The summed E-state index contributed by atoms with van der Waals surface area (Å²) in [4.78, 5) is 0. The van der Waals surface area contributed by atoms with Gasteiger partial charge in [0.15, 0.2) is 5.76 Å². The number of aromatic nitrogens is 1. The predicted octanol–water partition coefficient (Wildman–Crippen LogP) is 3.58. The summed E-state index contributed by atoms with van der Waals surface area (Å²) in [6, 6.07) is 3.78. The van der Waals surface area contributed by atoms with Gasteiger partial charge < -0.3 is 8.94 Å². The maximum atomic E-state index is 5.64. The summed E-state index contributed by atoms with van der Waals surface area (Å²) in [5.74, 6) is 2.17. The molecule has 0 aliphatic rings. The predicted molar refractivity (Wildman–Crippen MR) is 58.4 cm³/mol. The van der Waals surface area contributed by atoms with Crippen LogP contribution < -0.4 is 0 Å². The summed E-state index contributed by atoms with van der Waals surface area (Å²) in [6.07, 6.45) is 0. The smallest absolute Gasteiger partial charge is 0.202 e. The molecule has 0 amide bonds. The van der Waals surface area contributed by atoms with Crippen molar-refractivity contribution in [3.63, 3.8) is 0 Å². The molecule has 0 bridgehead atoms. The molecule has 0 N–H and O–H groups in total. The summed E-state index contributed by atoms with van der Waals surface area (Å²) in [5.41, 5.74) is 2.82. The standard InChI is InChI=1S/C12H13NO2/c1-7(2)12-8(3)5-10(14-12)11-6-9(4)13-15-11/h5-6H,1H2,2-4H3. The molecule has 0 saturated carbocycles. The molecule has 0 unspecified atom stereocenters. The fourth-order valence-electron chi connectivity index (χ4n) is 1.51. The Morgan fingerprint density at radius 1 is 1.27 bits per heavy atom. The van der Waals surface area contributed by atoms with Crippen LogP contribution in [0.4, 0.5) is 0 Å². The lowest BCUT2D eigenvalue weighted by Gasteiger charge is -1.93. The number of nitrogens with zero attached hydrogens (tertiary/aromatic N) is 1. The quantitative estimate of drug-likeness (QED) is 0.748. The highest BCUT2D eigenvalue weighted by Gasteiger charge is 2.13. The lowest BCUT2D eigenvalue weighted by Crippen LogP contribution is -1.74. The van der Waals surface area contributed by atoms with Crippen molar-refractivity contribution in [1.82, 2.24) is 5.16 Å². The molecule has 0 radical (unpaired) electrons. The van der Waals surface area contributed by atoms with E-state index in [2.05, 4.69) is 11.7 Å². The lowest BCUT2D eigenvalue weighted by atomic mass is 10.2. The summed E-state index contributed by atoms with van der Waals surface area (Å²) in [6.45, 7) is 9.64. The van der Waals surface area contributed by atoms with Gasteiger partial charge in [-0.25, -0.2) is 0 Å². The van der Waals surface area contributed by atoms with E-state index in [0.29, 0.717) is 11.5 Å². The highest BCUT2D eigenvalue weighted by atomic mass is 16.5. The Morgan fingerprint density at radius 3 is 2.47 bits per heavy atom. The lowest BCUT2D eigenvalue weighted by molar-refractivity contribution is 0.412. The van der Waals surface area contributed by atoms with E-state index in [1.807, 2.05) is 32.9 Å². The number of aryl methyl sites for hydroxylation is 2. The number of hydrogen-bond donors (Lipinski definition) is 0. The highest BCUT2D eigenvalue weighted by Crippen LogP contribution is 2.28. The van der Waals surface area contributed by atoms with Crippen molar-refractivity contribution < 1.29 is 8.94 Å². The Labute approximate surface area is 88.4 Å². The van der Waals surface area contributed by atoms with Gasteiger partial charge in [0, 0.05) is 6.07 Å². The average Bonchev–Trinajstić information content (AvgIpc) is 2.71. The summed E-state index contributed by atoms with van der Waals surface area (Å²) < 4.78 is 10.8. The number of rotatable bonds is 2. The molecule has 0 aromatic carbocycles. The van der Waals surface area contributed by atoms with E-state index < -0.39 is 0 Å². The van der Waals surface area contributed by atoms with E-state index in [4.69, 9.17) is 8.94 Å². The second-order valence-corrected chi connectivity index (χ2v) is 3.74. The summed E-state index contributed by atoms with van der Waals surface area (Å²) in [7, 11) is 0. The Hall–Kier alpha value is -1.77. The number of hydrogen-bond acceptors (Lipinski definition) is 3. The SMILES string of the molecule is C=C(C)c1oc(-c2cc(C)no2)cc1C. The fraction of sp³-hybridized carbons (Fsp3) is 0.250. The maximum Gasteiger partial charge on any atom is 0.202 e. The minimum Gasteiger partial charge on any atom is -0.453 e. The first-order valence-electron chi connectivity index (χ1n) is 4.78. The van der Waals surface area contributed by atoms with Gasteiger partial charge in [-0.05, 0) is 38.0 Å². The molecular weight excluding hydrogens is 190 g/mol. The van der Waals surface area contributed by atoms with Crippen LogP contribution in [0.15, 0.2) is 27.7 Å². The Balaban J connectivity index is 2.46. The van der Waals surface area contributed by atoms with Crippen molar-refractivity contribution in [3.05, 3.63) is 35.7 Å². The van der Waals surface area contributed by atoms with E-state index in [0.717, 1.165) is 22.6 Å². The molecule has 0 aliphatic carbocycles. The molecule has 3 nitrogen and oxygen atoms in total. The maximum absolute atomic E-state index is 5.64. The van der Waals surface area contributed by atoms with Crippen LogP contribution in [0.5, 0.6) is 0 Å². The van der Waals surface area contributed by atoms with Gasteiger partial charge in [-0.3, -0.25) is 0 Å². The minimum absolute atomic E-state index is 0.656. The monoisotopic (exact) mass is 203 g/mol. The van der Waals surface area contributed by atoms with Crippen molar-refractivity contribution in [2.75, 3.05) is 0 Å². The summed E-state index contributed by atoms with van der Waals surface area (Å²) in [5, 5.41) is 3.82. The van der Waals surface area contributed by atoms with Crippen LogP contribution in [0.1, 0.15) is 23.9 Å². The highest BCUT2D eigenvalue weighted by molar-refractivity contribution is 5.64. The van der Waals surface area contributed by atoms with Crippen LogP contribution in [0, 0.1) is 13.8 Å². The third kappa shape index (κ3) is 1.73. The van der Waals surface area contributed by atoms with Gasteiger partial charge in [-0.2, -0.15) is 0 Å². The van der Waals surface area contributed by atoms with Gasteiger partial charge in [-0.1, -0.05) is 11.7 Å². The minimum atomic E-state index is 0.656. The Morgan fingerprint density at radius 2 is 2.00 bits per heavy atom. The third-order valence-corrected chi connectivity index (χ3v) is 2.18. The summed E-state index contributed by atoms with van der Waals surface area (Å²) >= 11 is 0. The second kappa shape index (κ2) is 3.42. The van der Waals surface area contributed by atoms with Crippen LogP contribution in [-0.4, -0.2) is 5.16 Å². The molecule has 0 fully saturated rings. The second-order valence-electron chi connectivity index (χ2n) is 3.74. The Bertz CT molecular complexity index is 505. The first kappa shape index (κ1) is 9.77. The molecule has 0 atom stereocenters. The first-order chi connectivity index (χ1) is 7.08. The molecule has 2 aromatic heterocycles. The molecule has 2 heterocycles. The molecular formula is C12H13NO2. The van der Waals surface area contributed by atoms with Crippen LogP contribution in [0.2, 0.25) is 0 Å². The van der Waals surface area contributed by atoms with E-state index in [-0.39, 0.29) is 0 Å². The van der Waals surface area contributed by atoms with E-state index in [1.165, 1.54) is 0 Å². The van der Waals surface area contributed by atoms with Crippen LogP contribution in [0.3, 0.4) is 0 Å². The van der Waals surface area contributed by atoms with Crippen molar-refractivity contribution in [2.45, 2.75) is 20.8 Å². The molecule has 2 aromatic rings. The van der Waals surface area contributed by atoms with E-state index in [9.17, 15) is 0 Å². The van der Waals surface area contributed by atoms with Gasteiger partial charge >= 0.3 is 0 Å². The zero-order chi connectivity index (χ0) is 11.0. The van der Waals surface area contributed by atoms with Crippen molar-refractivity contribution >= 4 is 5.57 Å². The molecule has 78 valence electrons. The van der Waals surface area contributed by atoms with Gasteiger partial charge in [-0.15, -0.1) is 0 Å². The van der Waals surface area contributed by atoms with E-state index in [1.54, 1.807) is 0 Å². The van der Waals surface area contributed by atoms with Crippen LogP contribution in [-0.2, 0) is 0 Å². The molecule has 15 heavy (non-hydrogen) atoms. The van der Waals surface area contributed by atoms with E-state index >= 15 is 0 Å². The first-order valence-corrected chi connectivity index (χ1v) is 4.78. The largest absolute Gasteiger partial charge is 0.453 e. The normalized spacial score (nSPS) is 10.6. The van der Waals surface area contributed by atoms with Gasteiger partial charge in [0.25, 0.3) is 0 Å². The average molecular weight is 203 g/mol. The van der Waals surface area contributed by atoms with Crippen molar-refractivity contribution in [3.8, 4) is 11.5 Å². The zero-order valence-corrected chi connectivity index (χ0v) is 9.13. The molecule has 3 heteroatoms. The number of allylic oxidation sites excluding steroid dienone is 1.